The zero-order chi connectivity index (χ0) is 14.2. The van der Waals surface area contributed by atoms with E-state index < -0.39 is 0 Å². The van der Waals surface area contributed by atoms with Crippen LogP contribution in [0.4, 0.5) is 5.82 Å². The van der Waals surface area contributed by atoms with E-state index in [1.165, 1.54) is 0 Å². The first-order chi connectivity index (χ1) is 10.3. The van der Waals surface area contributed by atoms with Gasteiger partial charge < -0.3 is 19.2 Å². The van der Waals surface area contributed by atoms with Crippen molar-refractivity contribution in [1.82, 2.24) is 14.4 Å². The van der Waals surface area contributed by atoms with Gasteiger partial charge in [-0.05, 0) is 33.6 Å². The van der Waals surface area contributed by atoms with Crippen molar-refractivity contribution in [3.8, 4) is 11.5 Å². The molecule has 2 aromatic heterocycles. The minimum Gasteiger partial charge on any atom is -0.454 e. The summed E-state index contributed by atoms with van der Waals surface area (Å²) in [6.45, 7) is 0.913. The number of anilines is 1. The molecular weight excluding hydrogens is 336 g/mol. The standard InChI is InChI=1S/C14H11BrN4O2/c15-12-7-19-4-3-16-14(19)13(18-12)17-6-9-1-2-10-11(5-9)21-8-20-10/h1-5,7H,6,8H2,(H,17,18). The number of halogens is 1. The fourth-order valence-electron chi connectivity index (χ4n) is 2.26. The summed E-state index contributed by atoms with van der Waals surface area (Å²) in [5, 5.41) is 3.30. The van der Waals surface area contributed by atoms with Gasteiger partial charge in [0.2, 0.25) is 6.79 Å². The van der Waals surface area contributed by atoms with E-state index in [2.05, 4.69) is 31.2 Å². The minimum atomic E-state index is 0.286. The molecule has 3 heterocycles. The zero-order valence-electron chi connectivity index (χ0n) is 10.9. The van der Waals surface area contributed by atoms with Gasteiger partial charge in [-0.2, -0.15) is 0 Å². The van der Waals surface area contributed by atoms with Crippen molar-refractivity contribution in [2.75, 3.05) is 12.1 Å². The third-order valence-electron chi connectivity index (χ3n) is 3.24. The van der Waals surface area contributed by atoms with Gasteiger partial charge in [0.15, 0.2) is 23.0 Å². The number of nitrogens with one attached hydrogen (secondary N) is 1. The molecule has 1 aliphatic heterocycles. The summed E-state index contributed by atoms with van der Waals surface area (Å²) < 4.78 is 13.4. The fraction of sp³-hybridized carbons (Fsp3) is 0.143. The summed E-state index contributed by atoms with van der Waals surface area (Å²) in [5.74, 6) is 2.30. The minimum absolute atomic E-state index is 0.286. The maximum Gasteiger partial charge on any atom is 0.231 e. The first kappa shape index (κ1) is 12.5. The Morgan fingerprint density at radius 3 is 3.14 bits per heavy atom. The molecular formula is C14H11BrN4O2. The third kappa shape index (κ3) is 2.29. The van der Waals surface area contributed by atoms with E-state index in [4.69, 9.17) is 9.47 Å². The second-order valence-electron chi connectivity index (χ2n) is 4.61. The summed E-state index contributed by atoms with van der Waals surface area (Å²) >= 11 is 3.40. The SMILES string of the molecule is Brc1cn2ccnc2c(NCc2ccc3c(c2)OCO3)n1. The van der Waals surface area contributed by atoms with Crippen LogP contribution in [-0.4, -0.2) is 21.2 Å². The van der Waals surface area contributed by atoms with Gasteiger partial charge >= 0.3 is 0 Å². The predicted octanol–water partition coefficient (Wildman–Crippen LogP) is 2.83. The molecule has 1 aliphatic rings. The third-order valence-corrected chi connectivity index (χ3v) is 3.62. The first-order valence-corrected chi connectivity index (χ1v) is 7.20. The van der Waals surface area contributed by atoms with Crippen molar-refractivity contribution in [2.24, 2.45) is 0 Å². The van der Waals surface area contributed by atoms with Crippen molar-refractivity contribution in [3.63, 3.8) is 0 Å². The Kier molecular flexibility index (Phi) is 2.92. The summed E-state index contributed by atoms with van der Waals surface area (Å²) in [6.07, 6.45) is 5.50. The molecule has 0 radical (unpaired) electrons. The molecule has 0 saturated heterocycles. The highest BCUT2D eigenvalue weighted by atomic mass is 79.9. The average Bonchev–Trinajstić information content (AvgIpc) is 3.12. The molecule has 0 spiro atoms. The van der Waals surface area contributed by atoms with Crippen LogP contribution in [0.15, 0.2) is 41.4 Å². The number of hydrogen-bond acceptors (Lipinski definition) is 5. The molecule has 21 heavy (non-hydrogen) atoms. The Labute approximate surface area is 128 Å². The Morgan fingerprint density at radius 1 is 1.29 bits per heavy atom. The monoisotopic (exact) mass is 346 g/mol. The van der Waals surface area contributed by atoms with Crippen LogP contribution in [0.25, 0.3) is 5.65 Å². The smallest absolute Gasteiger partial charge is 0.231 e. The van der Waals surface area contributed by atoms with Gasteiger partial charge in [-0.15, -0.1) is 0 Å². The highest BCUT2D eigenvalue weighted by Gasteiger charge is 2.13. The second kappa shape index (κ2) is 4.92. The van der Waals surface area contributed by atoms with E-state index in [0.29, 0.717) is 6.54 Å². The van der Waals surface area contributed by atoms with Crippen molar-refractivity contribution < 1.29 is 9.47 Å². The van der Waals surface area contributed by atoms with Crippen LogP contribution < -0.4 is 14.8 Å². The Hall–Kier alpha value is -2.28. The number of rotatable bonds is 3. The Balaban J connectivity index is 1.59. The maximum absolute atomic E-state index is 5.38. The molecule has 0 saturated carbocycles. The lowest BCUT2D eigenvalue weighted by Crippen LogP contribution is -2.04. The van der Waals surface area contributed by atoms with E-state index in [9.17, 15) is 0 Å². The molecule has 4 rings (SSSR count). The van der Waals surface area contributed by atoms with Crippen LogP contribution in [0.3, 0.4) is 0 Å². The van der Waals surface area contributed by atoms with E-state index in [1.54, 1.807) is 6.20 Å². The van der Waals surface area contributed by atoms with Gasteiger partial charge in [0.1, 0.15) is 4.60 Å². The number of nitrogens with zero attached hydrogens (tertiary/aromatic N) is 3. The molecule has 1 N–H and O–H groups in total. The molecule has 0 unspecified atom stereocenters. The highest BCUT2D eigenvalue weighted by molar-refractivity contribution is 9.10. The first-order valence-electron chi connectivity index (χ1n) is 6.41. The lowest BCUT2D eigenvalue weighted by molar-refractivity contribution is 0.174. The number of fused-ring (bicyclic) bond motifs is 2. The predicted molar refractivity (Wildman–Crippen MR) is 80.6 cm³/mol. The molecule has 6 nitrogen and oxygen atoms in total. The fourth-order valence-corrected chi connectivity index (χ4v) is 2.65. The normalized spacial score (nSPS) is 12.8. The average molecular weight is 347 g/mol. The maximum atomic E-state index is 5.38. The van der Waals surface area contributed by atoms with Gasteiger partial charge in [0, 0.05) is 25.1 Å². The molecule has 0 bridgehead atoms. The molecule has 1 aromatic carbocycles. The van der Waals surface area contributed by atoms with Gasteiger partial charge in [-0.25, -0.2) is 9.97 Å². The largest absolute Gasteiger partial charge is 0.454 e. The lowest BCUT2D eigenvalue weighted by Gasteiger charge is -2.08. The number of ether oxygens (including phenoxy) is 2. The number of imidazole rings is 1. The summed E-state index contributed by atoms with van der Waals surface area (Å²) in [7, 11) is 0. The van der Waals surface area contributed by atoms with E-state index in [0.717, 1.165) is 33.1 Å². The van der Waals surface area contributed by atoms with Gasteiger partial charge in [-0.1, -0.05) is 6.07 Å². The van der Waals surface area contributed by atoms with Crippen molar-refractivity contribution in [2.45, 2.75) is 6.54 Å². The topological polar surface area (TPSA) is 60.7 Å². The van der Waals surface area contributed by atoms with Crippen LogP contribution in [0.5, 0.6) is 11.5 Å². The second-order valence-corrected chi connectivity index (χ2v) is 5.42. The van der Waals surface area contributed by atoms with Crippen LogP contribution >= 0.6 is 15.9 Å². The summed E-state index contributed by atoms with van der Waals surface area (Å²) in [4.78, 5) is 8.73. The van der Waals surface area contributed by atoms with E-state index in [1.807, 2.05) is 35.0 Å². The van der Waals surface area contributed by atoms with Crippen molar-refractivity contribution in [3.05, 3.63) is 47.0 Å². The van der Waals surface area contributed by atoms with Gasteiger partial charge in [0.25, 0.3) is 0 Å². The van der Waals surface area contributed by atoms with E-state index >= 15 is 0 Å². The summed E-state index contributed by atoms with van der Waals surface area (Å²) in [5.41, 5.74) is 1.88. The van der Waals surface area contributed by atoms with E-state index in [-0.39, 0.29) is 6.79 Å². The summed E-state index contributed by atoms with van der Waals surface area (Å²) in [6, 6.07) is 5.89. The molecule has 0 atom stereocenters. The van der Waals surface area contributed by atoms with Crippen LogP contribution in [0.2, 0.25) is 0 Å². The number of benzene rings is 1. The molecule has 7 heteroatoms. The molecule has 106 valence electrons. The van der Waals surface area contributed by atoms with Crippen LogP contribution in [-0.2, 0) is 6.54 Å². The zero-order valence-corrected chi connectivity index (χ0v) is 12.5. The van der Waals surface area contributed by atoms with Crippen LogP contribution in [0, 0.1) is 0 Å². The van der Waals surface area contributed by atoms with Gasteiger partial charge in [0.05, 0.1) is 0 Å². The highest BCUT2D eigenvalue weighted by Crippen LogP contribution is 2.32. The van der Waals surface area contributed by atoms with Crippen molar-refractivity contribution in [1.29, 1.82) is 0 Å². The number of aromatic nitrogens is 3. The van der Waals surface area contributed by atoms with Crippen LogP contribution in [0.1, 0.15) is 5.56 Å². The molecule has 0 amide bonds. The van der Waals surface area contributed by atoms with Crippen molar-refractivity contribution >= 4 is 27.4 Å². The Morgan fingerprint density at radius 2 is 2.19 bits per heavy atom. The molecule has 0 fully saturated rings. The lowest BCUT2D eigenvalue weighted by atomic mass is 10.2. The van der Waals surface area contributed by atoms with Gasteiger partial charge in [-0.3, -0.25) is 0 Å². The Bertz CT molecular complexity index is 818. The quantitative estimate of drug-likeness (QED) is 0.790. The number of hydrogen-bond donors (Lipinski definition) is 1. The molecule has 0 aliphatic carbocycles. The molecule has 3 aromatic rings.